The maximum Gasteiger partial charge on any atom is 0.306 e. The molecule has 0 heterocycles. The van der Waals surface area contributed by atoms with Crippen LogP contribution in [0.15, 0.2) is 36.5 Å². The summed E-state index contributed by atoms with van der Waals surface area (Å²) in [6.07, 6.45) is 78.5. The Morgan fingerprint density at radius 1 is 0.410 bits per heavy atom. The number of hydrogen-bond acceptors (Lipinski definition) is 7. The first-order chi connectivity index (χ1) is 40.4. The first kappa shape index (κ1) is 81.2. The molecule has 1 N–H and O–H groups in total. The lowest BCUT2D eigenvalue weighted by Gasteiger charge is -2.30. The summed E-state index contributed by atoms with van der Waals surface area (Å²) in [6, 6.07) is -0.886. The second kappa shape index (κ2) is 63.3. The van der Waals surface area contributed by atoms with E-state index in [4.69, 9.17) is 13.8 Å². The summed E-state index contributed by atoms with van der Waals surface area (Å²) in [4.78, 5) is 40.2. The molecule has 0 aromatic heterocycles. The largest absolute Gasteiger partial charge is 0.756 e. The van der Waals surface area contributed by atoms with Crippen LogP contribution in [0.2, 0.25) is 0 Å². The zero-order chi connectivity index (χ0) is 60.7. The van der Waals surface area contributed by atoms with Crippen LogP contribution < -0.4 is 10.2 Å². The molecule has 3 unspecified atom stereocenters. The topological polar surface area (TPSA) is 114 Å². The highest BCUT2D eigenvalue weighted by Gasteiger charge is 2.27. The fourth-order valence-corrected chi connectivity index (χ4v) is 11.7. The van der Waals surface area contributed by atoms with Crippen LogP contribution in [0.25, 0.3) is 0 Å². The summed E-state index contributed by atoms with van der Waals surface area (Å²) in [5.41, 5.74) is 0. The Kier molecular flexibility index (Phi) is 61.9. The number of likely N-dealkylation sites (N-methyl/N-ethyl adjacent to an activating group) is 1. The third kappa shape index (κ3) is 64.5. The number of nitrogens with zero attached hydrogens (tertiary/aromatic N) is 1. The van der Waals surface area contributed by atoms with E-state index < -0.39 is 20.0 Å². The van der Waals surface area contributed by atoms with Crippen molar-refractivity contribution < 1.29 is 37.3 Å². The lowest BCUT2D eigenvalue weighted by Crippen LogP contribution is -2.47. The van der Waals surface area contributed by atoms with Crippen molar-refractivity contribution in [2.45, 2.75) is 380 Å². The van der Waals surface area contributed by atoms with Crippen molar-refractivity contribution in [3.05, 3.63) is 36.5 Å². The van der Waals surface area contributed by atoms with Crippen molar-refractivity contribution in [1.82, 2.24) is 5.32 Å². The third-order valence-electron chi connectivity index (χ3n) is 16.5. The number of allylic oxidation sites excluding steroid dienone is 5. The van der Waals surface area contributed by atoms with E-state index >= 15 is 0 Å². The molecule has 0 aliphatic carbocycles. The van der Waals surface area contributed by atoms with Crippen LogP contribution in [0.5, 0.6) is 0 Å². The second-order valence-corrected chi connectivity index (χ2v) is 27.5. The minimum Gasteiger partial charge on any atom is -0.756 e. The van der Waals surface area contributed by atoms with Crippen molar-refractivity contribution >= 4 is 19.7 Å². The number of phosphoric acid groups is 1. The first-order valence-corrected chi connectivity index (χ1v) is 37.8. The molecule has 0 fully saturated rings. The van der Waals surface area contributed by atoms with E-state index in [1.807, 2.05) is 33.3 Å². The van der Waals surface area contributed by atoms with Gasteiger partial charge < -0.3 is 28.5 Å². The lowest BCUT2D eigenvalue weighted by atomic mass is 10.0. The number of esters is 1. The van der Waals surface area contributed by atoms with Crippen molar-refractivity contribution in [3.8, 4) is 0 Å². The third-order valence-corrected chi connectivity index (χ3v) is 17.5. The molecule has 0 radical (unpaired) electrons. The van der Waals surface area contributed by atoms with Crippen LogP contribution in [0, 0.1) is 0 Å². The van der Waals surface area contributed by atoms with E-state index in [1.54, 1.807) is 0 Å². The maximum absolute atomic E-state index is 13.6. The summed E-state index contributed by atoms with van der Waals surface area (Å²) >= 11 is 0. The van der Waals surface area contributed by atoms with Crippen molar-refractivity contribution in [3.63, 3.8) is 0 Å². The van der Waals surface area contributed by atoms with Crippen LogP contribution in [0.3, 0.4) is 0 Å². The van der Waals surface area contributed by atoms with Gasteiger partial charge in [-0.1, -0.05) is 308 Å². The molecule has 0 aliphatic rings. The molecular weight excluding hydrogens is 1050 g/mol. The van der Waals surface area contributed by atoms with Gasteiger partial charge in [-0.2, -0.15) is 0 Å². The van der Waals surface area contributed by atoms with Gasteiger partial charge in [0.1, 0.15) is 19.3 Å². The van der Waals surface area contributed by atoms with E-state index in [-0.39, 0.29) is 31.5 Å². The molecule has 0 rings (SSSR count). The van der Waals surface area contributed by atoms with Crippen molar-refractivity contribution in [2.24, 2.45) is 0 Å². The predicted octanol–water partition coefficient (Wildman–Crippen LogP) is 22.4. The van der Waals surface area contributed by atoms with E-state index in [9.17, 15) is 19.0 Å². The smallest absolute Gasteiger partial charge is 0.306 e. The molecule has 0 aliphatic heterocycles. The Balaban J connectivity index is 4.98. The molecular formula is C73H141N2O7P. The number of nitrogens with one attached hydrogen (secondary N) is 1. The number of quaternary nitrogens is 1. The molecule has 490 valence electrons. The van der Waals surface area contributed by atoms with Crippen LogP contribution in [-0.4, -0.2) is 69.4 Å². The Bertz CT molecular complexity index is 1510. The van der Waals surface area contributed by atoms with E-state index in [2.05, 4.69) is 50.4 Å². The molecule has 1 amide bonds. The van der Waals surface area contributed by atoms with Gasteiger partial charge in [-0.05, 0) is 83.1 Å². The number of ether oxygens (including phenoxy) is 1. The number of unbranched alkanes of at least 4 members (excludes halogenated alkanes) is 47. The van der Waals surface area contributed by atoms with Gasteiger partial charge in [0.2, 0.25) is 5.91 Å². The summed E-state index contributed by atoms with van der Waals surface area (Å²) in [5.74, 6) is -0.523. The van der Waals surface area contributed by atoms with Gasteiger partial charge in [0, 0.05) is 12.8 Å². The molecule has 0 saturated carbocycles. The maximum atomic E-state index is 13.6. The number of carbonyl (C=O) groups is 2. The molecule has 0 saturated heterocycles. The molecule has 10 heteroatoms. The van der Waals surface area contributed by atoms with Gasteiger partial charge in [-0.15, -0.1) is 0 Å². The number of amides is 1. The standard InChI is InChI=1S/C73H141N2O7P/c1-7-10-13-16-19-22-25-27-29-31-33-35-37-39-41-43-45-47-50-53-56-59-62-65-72(76)74-70(69-81-83(78,79)80-68-67-75(4,5)6)71(64-61-58-55-52-49-24-21-18-15-12-9-3)82-73(77)66-63-60-57-54-51-48-46-44-42-40-38-36-34-32-30-28-26-23-20-17-14-11-8-2/h27-30,61,64,70-71H,7-26,31-60,62-63,65-69H2,1-6H3,(H-,74,76,78,79)/b29-27+,30-28+,64-61+. The highest BCUT2D eigenvalue weighted by molar-refractivity contribution is 7.45. The molecule has 0 bridgehead atoms. The van der Waals surface area contributed by atoms with Crippen LogP contribution in [0.1, 0.15) is 367 Å². The highest BCUT2D eigenvalue weighted by Crippen LogP contribution is 2.38. The Morgan fingerprint density at radius 2 is 0.699 bits per heavy atom. The SMILES string of the molecule is CCCCCCCC/C=C/CCCCCCCCCCCCCCCC(=O)NC(COP(=O)([O-])OCC[N+](C)(C)C)C(/C=C/CCCCCCCCCCC)OC(=O)CCCCCCCCCCCCCCC/C=C/CCCCCCCC. The molecule has 0 aromatic rings. The van der Waals surface area contributed by atoms with E-state index in [1.165, 1.54) is 276 Å². The second-order valence-electron chi connectivity index (χ2n) is 26.1. The molecule has 9 nitrogen and oxygen atoms in total. The van der Waals surface area contributed by atoms with E-state index in [0.717, 1.165) is 57.8 Å². The number of rotatable bonds is 67. The summed E-state index contributed by atoms with van der Waals surface area (Å²) in [5, 5.41) is 3.05. The van der Waals surface area contributed by atoms with Gasteiger partial charge in [-0.3, -0.25) is 14.2 Å². The zero-order valence-corrected chi connectivity index (χ0v) is 57.1. The Labute approximate surface area is 516 Å². The highest BCUT2D eigenvalue weighted by atomic mass is 31.2. The summed E-state index contributed by atoms with van der Waals surface area (Å²) < 4.78 is 30.5. The molecule has 0 spiro atoms. The van der Waals surface area contributed by atoms with Gasteiger partial charge in [0.25, 0.3) is 7.82 Å². The van der Waals surface area contributed by atoms with Gasteiger partial charge >= 0.3 is 5.97 Å². The van der Waals surface area contributed by atoms with Gasteiger partial charge in [0.15, 0.2) is 0 Å². The summed E-state index contributed by atoms with van der Waals surface area (Å²) in [6.45, 7) is 6.89. The normalized spacial score (nSPS) is 13.7. The Hall–Kier alpha value is -1.77. The predicted molar refractivity (Wildman–Crippen MR) is 358 cm³/mol. The first-order valence-electron chi connectivity index (χ1n) is 36.3. The van der Waals surface area contributed by atoms with Crippen molar-refractivity contribution in [1.29, 1.82) is 0 Å². The van der Waals surface area contributed by atoms with E-state index in [0.29, 0.717) is 17.4 Å². The average molecular weight is 1190 g/mol. The zero-order valence-electron chi connectivity index (χ0n) is 56.2. The van der Waals surface area contributed by atoms with Crippen LogP contribution in [-0.2, 0) is 27.9 Å². The summed E-state index contributed by atoms with van der Waals surface area (Å²) in [7, 11) is 1.20. The van der Waals surface area contributed by atoms with Crippen molar-refractivity contribution in [2.75, 3.05) is 40.9 Å². The molecule has 83 heavy (non-hydrogen) atoms. The fraction of sp³-hybridized carbons (Fsp3) is 0.890. The number of phosphoric ester groups is 1. The van der Waals surface area contributed by atoms with Crippen LogP contribution >= 0.6 is 7.82 Å². The minimum atomic E-state index is -4.70. The number of carbonyl (C=O) groups excluding carboxylic acids is 2. The molecule has 3 atom stereocenters. The quantitative estimate of drug-likeness (QED) is 0.0212. The molecule has 0 aromatic carbocycles. The van der Waals surface area contributed by atoms with Crippen LogP contribution in [0.4, 0.5) is 0 Å². The Morgan fingerprint density at radius 3 is 1.02 bits per heavy atom. The fourth-order valence-electron chi connectivity index (χ4n) is 10.9. The average Bonchev–Trinajstić information content (AvgIpc) is 3.51. The van der Waals surface area contributed by atoms with Gasteiger partial charge in [0.05, 0.1) is 33.8 Å². The monoisotopic (exact) mass is 1190 g/mol. The minimum absolute atomic E-state index is 0.0196. The number of hydrogen-bond donors (Lipinski definition) is 1. The van der Waals surface area contributed by atoms with Gasteiger partial charge in [-0.25, -0.2) is 0 Å². The lowest BCUT2D eigenvalue weighted by molar-refractivity contribution is -0.870.